The van der Waals surface area contributed by atoms with Crippen molar-refractivity contribution in [2.75, 3.05) is 0 Å². The minimum atomic E-state index is -0.695. The van der Waals surface area contributed by atoms with Gasteiger partial charge in [-0.2, -0.15) is 0 Å². The molecule has 2 nitrogen and oxygen atoms in total. The molecular formula is C8H11ClO2. The van der Waals surface area contributed by atoms with Gasteiger partial charge in [0.15, 0.2) is 0 Å². The lowest BCUT2D eigenvalue weighted by Crippen LogP contribution is -2.23. The Balaban J connectivity index is 4.26. The Hall–Kier alpha value is -0.630. The van der Waals surface area contributed by atoms with Crippen LogP contribution in [0.4, 0.5) is 0 Å². The van der Waals surface area contributed by atoms with Crippen LogP contribution in [0.5, 0.6) is 0 Å². The van der Waals surface area contributed by atoms with Crippen LogP contribution in [0.3, 0.4) is 0 Å². The molecule has 1 unspecified atom stereocenters. The number of Topliss-reactive ketones (excluding diaryl/α,β-unsaturated/α-hetero) is 2. The van der Waals surface area contributed by atoms with E-state index in [1.807, 2.05) is 0 Å². The fraction of sp³-hybridized carbons (Fsp3) is 0.500. The fourth-order valence-electron chi connectivity index (χ4n) is 0.538. The number of carbonyl (C=O) groups excluding carboxylic acids is 2. The number of carbonyl (C=O) groups is 2. The zero-order chi connectivity index (χ0) is 9.02. The molecule has 0 radical (unpaired) electrons. The highest BCUT2D eigenvalue weighted by Gasteiger charge is 2.21. The van der Waals surface area contributed by atoms with Crippen LogP contribution in [-0.2, 0) is 9.59 Å². The second-order valence-corrected chi connectivity index (χ2v) is 2.88. The summed E-state index contributed by atoms with van der Waals surface area (Å²) in [4.78, 5) is 21.9. The first-order valence-electron chi connectivity index (χ1n) is 3.38. The first-order valence-corrected chi connectivity index (χ1v) is 3.82. The SMILES string of the molecule is C=C(C)C(=O)C(=O)C(Cl)CC. The lowest BCUT2D eigenvalue weighted by Gasteiger charge is -2.02. The van der Waals surface area contributed by atoms with Crippen molar-refractivity contribution >= 4 is 23.2 Å². The van der Waals surface area contributed by atoms with E-state index in [-0.39, 0.29) is 5.57 Å². The maximum absolute atomic E-state index is 11.0. The van der Waals surface area contributed by atoms with Crippen LogP contribution in [0.15, 0.2) is 12.2 Å². The Morgan fingerprint density at radius 3 is 2.27 bits per heavy atom. The summed E-state index contributed by atoms with van der Waals surface area (Å²) in [5, 5.41) is -0.695. The predicted molar refractivity (Wildman–Crippen MR) is 44.8 cm³/mol. The third kappa shape index (κ3) is 2.85. The van der Waals surface area contributed by atoms with Gasteiger partial charge in [-0.05, 0) is 18.9 Å². The normalized spacial score (nSPS) is 12.3. The molecule has 0 aromatic heterocycles. The van der Waals surface area contributed by atoms with Crippen molar-refractivity contribution in [1.82, 2.24) is 0 Å². The summed E-state index contributed by atoms with van der Waals surface area (Å²) in [6.07, 6.45) is 0.472. The monoisotopic (exact) mass is 174 g/mol. The summed E-state index contributed by atoms with van der Waals surface area (Å²) in [7, 11) is 0. The molecule has 0 aromatic rings. The van der Waals surface area contributed by atoms with Crippen LogP contribution in [0.25, 0.3) is 0 Å². The van der Waals surface area contributed by atoms with E-state index in [9.17, 15) is 9.59 Å². The standard InChI is InChI=1S/C8H11ClO2/c1-4-6(9)8(11)7(10)5(2)3/h6H,2,4H2,1,3H3. The molecule has 0 saturated carbocycles. The molecule has 0 heterocycles. The van der Waals surface area contributed by atoms with Gasteiger partial charge in [0.05, 0.1) is 5.38 Å². The van der Waals surface area contributed by atoms with E-state index in [4.69, 9.17) is 11.6 Å². The molecule has 62 valence electrons. The Morgan fingerprint density at radius 1 is 1.55 bits per heavy atom. The van der Waals surface area contributed by atoms with Gasteiger partial charge in [0.1, 0.15) is 0 Å². The molecule has 0 bridgehead atoms. The molecule has 0 fully saturated rings. The van der Waals surface area contributed by atoms with Crippen molar-refractivity contribution in [3.63, 3.8) is 0 Å². The Bertz CT molecular complexity index is 196. The largest absolute Gasteiger partial charge is 0.289 e. The molecule has 0 aliphatic rings. The van der Waals surface area contributed by atoms with Crippen LogP contribution >= 0.6 is 11.6 Å². The summed E-state index contributed by atoms with van der Waals surface area (Å²) in [6, 6.07) is 0. The predicted octanol–water partition coefficient (Wildman–Crippen LogP) is 1.72. The number of hydrogen-bond acceptors (Lipinski definition) is 2. The number of allylic oxidation sites excluding steroid dienone is 1. The molecule has 0 aliphatic carbocycles. The number of alkyl halides is 1. The quantitative estimate of drug-likeness (QED) is 0.370. The summed E-state index contributed by atoms with van der Waals surface area (Å²) in [5.41, 5.74) is 0.245. The lowest BCUT2D eigenvalue weighted by atomic mass is 10.1. The van der Waals surface area contributed by atoms with E-state index < -0.39 is 16.9 Å². The smallest absolute Gasteiger partial charge is 0.225 e. The van der Waals surface area contributed by atoms with Gasteiger partial charge in [-0.3, -0.25) is 9.59 Å². The Kier molecular flexibility index (Phi) is 4.04. The van der Waals surface area contributed by atoms with Crippen LogP contribution < -0.4 is 0 Å². The van der Waals surface area contributed by atoms with E-state index in [1.165, 1.54) is 6.92 Å². The number of ketones is 2. The first-order chi connectivity index (χ1) is 5.00. The van der Waals surface area contributed by atoms with Gasteiger partial charge in [0.2, 0.25) is 11.6 Å². The molecule has 3 heteroatoms. The van der Waals surface area contributed by atoms with Gasteiger partial charge in [0, 0.05) is 0 Å². The minimum Gasteiger partial charge on any atom is -0.289 e. The topological polar surface area (TPSA) is 34.1 Å². The zero-order valence-corrected chi connectivity index (χ0v) is 7.44. The van der Waals surface area contributed by atoms with Crippen molar-refractivity contribution in [2.45, 2.75) is 25.6 Å². The highest BCUT2D eigenvalue weighted by Crippen LogP contribution is 2.05. The third-order valence-corrected chi connectivity index (χ3v) is 1.76. The third-order valence-electron chi connectivity index (χ3n) is 1.25. The summed E-state index contributed by atoms with van der Waals surface area (Å²) in [6.45, 7) is 6.61. The number of hydrogen-bond donors (Lipinski definition) is 0. The van der Waals surface area contributed by atoms with E-state index >= 15 is 0 Å². The van der Waals surface area contributed by atoms with E-state index in [2.05, 4.69) is 6.58 Å². The molecule has 0 N–H and O–H groups in total. The molecule has 0 amide bonds. The number of halogens is 1. The van der Waals surface area contributed by atoms with E-state index in [1.54, 1.807) is 6.92 Å². The molecule has 11 heavy (non-hydrogen) atoms. The van der Waals surface area contributed by atoms with Crippen LogP contribution in [0.1, 0.15) is 20.3 Å². The summed E-state index contributed by atoms with van der Waals surface area (Å²) in [5.74, 6) is -1.12. The second kappa shape index (κ2) is 4.29. The van der Waals surface area contributed by atoms with E-state index in [0.29, 0.717) is 6.42 Å². The molecule has 0 aromatic carbocycles. The summed E-state index contributed by atoms with van der Waals surface area (Å²) < 4.78 is 0. The first kappa shape index (κ1) is 10.4. The number of rotatable bonds is 4. The summed E-state index contributed by atoms with van der Waals surface area (Å²) >= 11 is 5.54. The van der Waals surface area contributed by atoms with Crippen LogP contribution in [0.2, 0.25) is 0 Å². The van der Waals surface area contributed by atoms with Gasteiger partial charge >= 0.3 is 0 Å². The van der Waals surface area contributed by atoms with Gasteiger partial charge in [-0.25, -0.2) is 0 Å². The van der Waals surface area contributed by atoms with Crippen molar-refractivity contribution < 1.29 is 9.59 Å². The van der Waals surface area contributed by atoms with Crippen molar-refractivity contribution in [3.05, 3.63) is 12.2 Å². The van der Waals surface area contributed by atoms with Crippen molar-refractivity contribution in [2.24, 2.45) is 0 Å². The fourth-order valence-corrected chi connectivity index (χ4v) is 0.637. The van der Waals surface area contributed by atoms with Crippen LogP contribution in [-0.4, -0.2) is 16.9 Å². The van der Waals surface area contributed by atoms with Crippen LogP contribution in [0, 0.1) is 0 Å². The molecule has 0 saturated heterocycles. The van der Waals surface area contributed by atoms with Crippen molar-refractivity contribution in [3.8, 4) is 0 Å². The molecule has 0 aliphatic heterocycles. The molecular weight excluding hydrogens is 164 g/mol. The maximum atomic E-state index is 11.0. The van der Waals surface area contributed by atoms with Gasteiger partial charge < -0.3 is 0 Å². The van der Waals surface area contributed by atoms with Gasteiger partial charge in [0.25, 0.3) is 0 Å². The van der Waals surface area contributed by atoms with Crippen molar-refractivity contribution in [1.29, 1.82) is 0 Å². The molecule has 0 spiro atoms. The zero-order valence-electron chi connectivity index (χ0n) is 6.69. The Morgan fingerprint density at radius 2 is 2.00 bits per heavy atom. The highest BCUT2D eigenvalue weighted by atomic mass is 35.5. The molecule has 1 atom stereocenters. The maximum Gasteiger partial charge on any atom is 0.225 e. The average molecular weight is 175 g/mol. The van der Waals surface area contributed by atoms with Gasteiger partial charge in [-0.15, -0.1) is 11.6 Å². The Labute approximate surface area is 71.2 Å². The highest BCUT2D eigenvalue weighted by molar-refractivity contribution is 6.53. The van der Waals surface area contributed by atoms with Gasteiger partial charge in [-0.1, -0.05) is 13.5 Å². The van der Waals surface area contributed by atoms with E-state index in [0.717, 1.165) is 0 Å². The molecule has 0 rings (SSSR count). The second-order valence-electron chi connectivity index (χ2n) is 2.35. The minimum absolute atomic E-state index is 0.245. The average Bonchev–Trinajstić information content (AvgIpc) is 2.00. The lowest BCUT2D eigenvalue weighted by molar-refractivity contribution is -0.134.